The van der Waals surface area contributed by atoms with E-state index in [9.17, 15) is 9.59 Å². The third-order valence-corrected chi connectivity index (χ3v) is 5.44. The van der Waals surface area contributed by atoms with Crippen molar-refractivity contribution in [1.29, 1.82) is 0 Å². The second-order valence-electron chi connectivity index (χ2n) is 6.80. The van der Waals surface area contributed by atoms with Gasteiger partial charge in [-0.1, -0.05) is 30.5 Å². The summed E-state index contributed by atoms with van der Waals surface area (Å²) in [5.41, 5.74) is 1.10. The molecule has 0 spiro atoms. The second-order valence-corrected chi connectivity index (χ2v) is 7.23. The van der Waals surface area contributed by atoms with Gasteiger partial charge in [0.2, 0.25) is 5.91 Å². The summed E-state index contributed by atoms with van der Waals surface area (Å²) in [6.45, 7) is 3.04. The van der Waals surface area contributed by atoms with Crippen LogP contribution in [-0.2, 0) is 9.59 Å². The van der Waals surface area contributed by atoms with E-state index in [0.717, 1.165) is 49.5 Å². The Morgan fingerprint density at radius 2 is 1.75 bits per heavy atom. The van der Waals surface area contributed by atoms with Crippen LogP contribution in [0.3, 0.4) is 0 Å². The van der Waals surface area contributed by atoms with Crippen molar-refractivity contribution in [2.75, 3.05) is 31.1 Å². The number of anilines is 1. The average Bonchev–Trinajstić information content (AvgIpc) is 3.14. The second kappa shape index (κ2) is 8.02. The normalized spacial score (nSPS) is 18.9. The zero-order valence-corrected chi connectivity index (χ0v) is 14.8. The lowest BCUT2D eigenvalue weighted by Crippen LogP contribution is -2.48. The molecule has 0 atom stereocenters. The van der Waals surface area contributed by atoms with E-state index in [1.54, 1.807) is 0 Å². The smallest absolute Gasteiger partial charge is 0.223 e. The minimum Gasteiger partial charge on any atom is -0.368 e. The van der Waals surface area contributed by atoms with Gasteiger partial charge in [0.15, 0.2) is 0 Å². The number of nitrogens with zero attached hydrogens (tertiary/aromatic N) is 2. The third-order valence-electron chi connectivity index (χ3n) is 5.20. The average molecular weight is 349 g/mol. The number of benzene rings is 1. The highest BCUT2D eigenvalue weighted by molar-refractivity contribution is 6.30. The molecule has 1 saturated carbocycles. The molecular weight excluding hydrogens is 324 g/mol. The topological polar surface area (TPSA) is 40.6 Å². The minimum absolute atomic E-state index is 0.118. The highest BCUT2D eigenvalue weighted by Crippen LogP contribution is 2.27. The maximum atomic E-state index is 12.3. The molecule has 3 rings (SSSR count). The Morgan fingerprint density at radius 1 is 1.04 bits per heavy atom. The number of Topliss-reactive ketones (excluding diaryl/α,β-unsaturated/α-hetero) is 1. The molecule has 1 heterocycles. The number of ketones is 1. The Morgan fingerprint density at radius 3 is 2.42 bits per heavy atom. The van der Waals surface area contributed by atoms with Crippen molar-refractivity contribution < 1.29 is 9.59 Å². The van der Waals surface area contributed by atoms with E-state index in [0.29, 0.717) is 31.7 Å². The number of hydrogen-bond donors (Lipinski definition) is 0. The molecule has 1 amide bonds. The zero-order valence-electron chi connectivity index (χ0n) is 14.0. The third kappa shape index (κ3) is 4.29. The quantitative estimate of drug-likeness (QED) is 0.817. The van der Waals surface area contributed by atoms with E-state index < -0.39 is 0 Å². The van der Waals surface area contributed by atoms with E-state index >= 15 is 0 Å². The number of carbonyl (C=O) groups is 2. The fourth-order valence-electron chi connectivity index (χ4n) is 3.73. The summed E-state index contributed by atoms with van der Waals surface area (Å²) >= 11 is 6.04. The Hall–Kier alpha value is -1.55. The molecule has 1 aromatic rings. The maximum absolute atomic E-state index is 12.3. The van der Waals surface area contributed by atoms with Gasteiger partial charge in [-0.25, -0.2) is 0 Å². The number of halogens is 1. The summed E-state index contributed by atoms with van der Waals surface area (Å²) in [4.78, 5) is 28.6. The Labute approximate surface area is 148 Å². The molecule has 0 N–H and O–H groups in total. The predicted molar refractivity (Wildman–Crippen MR) is 96.4 cm³/mol. The molecule has 2 aliphatic rings. The molecular formula is C19H25ClN2O2. The molecule has 1 aromatic carbocycles. The standard InChI is InChI=1S/C19H25ClN2O2/c20-16-6-3-7-17(14-16)21-10-12-22(13-11-21)19(24)9-8-18(23)15-4-1-2-5-15/h3,6-7,14-15H,1-2,4-5,8-13H2. The van der Waals surface area contributed by atoms with E-state index in [-0.39, 0.29) is 11.8 Å². The fourth-order valence-corrected chi connectivity index (χ4v) is 3.91. The fraction of sp³-hybridized carbons (Fsp3) is 0.579. The molecule has 24 heavy (non-hydrogen) atoms. The summed E-state index contributed by atoms with van der Waals surface area (Å²) in [7, 11) is 0. The molecule has 130 valence electrons. The van der Waals surface area contributed by atoms with Crippen LogP contribution in [0.2, 0.25) is 5.02 Å². The van der Waals surface area contributed by atoms with Crippen molar-refractivity contribution in [3.63, 3.8) is 0 Å². The molecule has 0 aromatic heterocycles. The van der Waals surface area contributed by atoms with Gasteiger partial charge in [-0.2, -0.15) is 0 Å². The highest BCUT2D eigenvalue weighted by Gasteiger charge is 2.25. The first kappa shape index (κ1) is 17.3. The van der Waals surface area contributed by atoms with E-state index in [2.05, 4.69) is 4.90 Å². The van der Waals surface area contributed by atoms with Crippen LogP contribution in [-0.4, -0.2) is 42.8 Å². The number of amides is 1. The molecule has 5 heteroatoms. The molecule has 0 unspecified atom stereocenters. The first-order valence-corrected chi connectivity index (χ1v) is 9.32. The number of carbonyl (C=O) groups excluding carboxylic acids is 2. The van der Waals surface area contributed by atoms with Crippen LogP contribution in [0.4, 0.5) is 5.69 Å². The Kier molecular flexibility index (Phi) is 5.77. The lowest BCUT2D eigenvalue weighted by Gasteiger charge is -2.36. The van der Waals surface area contributed by atoms with Crippen LogP contribution in [0.15, 0.2) is 24.3 Å². The first-order chi connectivity index (χ1) is 11.6. The number of piperazine rings is 1. The van der Waals surface area contributed by atoms with Crippen molar-refractivity contribution in [1.82, 2.24) is 4.90 Å². The molecule has 4 nitrogen and oxygen atoms in total. The Bertz CT molecular complexity index is 591. The zero-order chi connectivity index (χ0) is 16.9. The van der Waals surface area contributed by atoms with E-state index in [1.165, 1.54) is 0 Å². The summed E-state index contributed by atoms with van der Waals surface area (Å²) in [5.74, 6) is 0.628. The number of hydrogen-bond acceptors (Lipinski definition) is 3. The van der Waals surface area contributed by atoms with Crippen molar-refractivity contribution in [3.8, 4) is 0 Å². The van der Waals surface area contributed by atoms with Crippen molar-refractivity contribution in [3.05, 3.63) is 29.3 Å². The summed E-state index contributed by atoms with van der Waals surface area (Å²) < 4.78 is 0. The SMILES string of the molecule is O=C(CCC(=O)N1CCN(c2cccc(Cl)c2)CC1)C1CCCC1. The van der Waals surface area contributed by atoms with Crippen LogP contribution in [0.1, 0.15) is 38.5 Å². The summed E-state index contributed by atoms with van der Waals surface area (Å²) in [5, 5.41) is 0.733. The minimum atomic E-state index is 0.118. The van der Waals surface area contributed by atoms with Crippen LogP contribution in [0.25, 0.3) is 0 Å². The van der Waals surface area contributed by atoms with Crippen LogP contribution < -0.4 is 4.90 Å². The molecule has 0 bridgehead atoms. The van der Waals surface area contributed by atoms with Crippen LogP contribution in [0, 0.1) is 5.92 Å². The summed E-state index contributed by atoms with van der Waals surface area (Å²) in [6, 6.07) is 7.82. The van der Waals surface area contributed by atoms with Gasteiger partial charge in [0, 0.05) is 55.6 Å². The lowest BCUT2D eigenvalue weighted by atomic mass is 9.98. The maximum Gasteiger partial charge on any atom is 0.223 e. The van der Waals surface area contributed by atoms with Crippen molar-refractivity contribution in [2.24, 2.45) is 5.92 Å². The van der Waals surface area contributed by atoms with Crippen molar-refractivity contribution in [2.45, 2.75) is 38.5 Å². The molecule has 1 aliphatic heterocycles. The van der Waals surface area contributed by atoms with Gasteiger partial charge in [0.1, 0.15) is 5.78 Å². The van der Waals surface area contributed by atoms with Gasteiger partial charge < -0.3 is 9.80 Å². The monoisotopic (exact) mass is 348 g/mol. The lowest BCUT2D eigenvalue weighted by molar-refractivity contribution is -0.134. The predicted octanol–water partition coefficient (Wildman–Crippen LogP) is 3.53. The Balaban J connectivity index is 1.44. The first-order valence-electron chi connectivity index (χ1n) is 8.94. The molecule has 1 aliphatic carbocycles. The molecule has 1 saturated heterocycles. The van der Waals surface area contributed by atoms with Gasteiger partial charge in [-0.15, -0.1) is 0 Å². The van der Waals surface area contributed by atoms with Gasteiger partial charge >= 0.3 is 0 Å². The van der Waals surface area contributed by atoms with E-state index in [1.807, 2.05) is 29.2 Å². The van der Waals surface area contributed by atoms with E-state index in [4.69, 9.17) is 11.6 Å². The largest absolute Gasteiger partial charge is 0.368 e. The molecule has 0 radical (unpaired) electrons. The van der Waals surface area contributed by atoms with Gasteiger partial charge in [0.05, 0.1) is 0 Å². The molecule has 2 fully saturated rings. The van der Waals surface area contributed by atoms with Gasteiger partial charge in [0.25, 0.3) is 0 Å². The van der Waals surface area contributed by atoms with Gasteiger partial charge in [-0.05, 0) is 31.0 Å². The van der Waals surface area contributed by atoms with Crippen LogP contribution >= 0.6 is 11.6 Å². The van der Waals surface area contributed by atoms with Gasteiger partial charge in [-0.3, -0.25) is 9.59 Å². The van der Waals surface area contributed by atoms with Crippen LogP contribution in [0.5, 0.6) is 0 Å². The van der Waals surface area contributed by atoms with Crippen molar-refractivity contribution >= 4 is 29.0 Å². The number of rotatable bonds is 5. The summed E-state index contributed by atoms with van der Waals surface area (Å²) in [6.07, 6.45) is 5.15. The highest BCUT2D eigenvalue weighted by atomic mass is 35.5.